The Morgan fingerprint density at radius 1 is 1.38 bits per heavy atom. The molecule has 2 rings (SSSR count). The van der Waals surface area contributed by atoms with Crippen molar-refractivity contribution < 1.29 is 23.7 Å². The first-order valence-electron chi connectivity index (χ1n) is 5.32. The van der Waals surface area contributed by atoms with Gasteiger partial charge in [0.15, 0.2) is 5.79 Å². The molecule has 0 radical (unpaired) electrons. The monoisotopic (exact) mass is 346 g/mol. The molecule has 0 amide bonds. The number of alkyl halides is 2. The average Bonchev–Trinajstić information content (AvgIpc) is 2.62. The molecule has 0 unspecified atom stereocenters. The van der Waals surface area contributed by atoms with Crippen LogP contribution >= 0.6 is 22.6 Å². The number of halogens is 2. The van der Waals surface area contributed by atoms with E-state index >= 15 is 0 Å². The van der Waals surface area contributed by atoms with Crippen LogP contribution in [-0.4, -0.2) is 52.5 Å². The maximum absolute atomic E-state index is 13.9. The smallest absolute Gasteiger partial charge is 0.163 e. The summed E-state index contributed by atoms with van der Waals surface area (Å²) in [6.07, 6.45) is -2.40. The van der Waals surface area contributed by atoms with Crippen molar-refractivity contribution in [2.24, 2.45) is 0 Å². The third kappa shape index (κ3) is 2.22. The zero-order valence-electron chi connectivity index (χ0n) is 9.23. The normalized spacial score (nSPS) is 45.9. The summed E-state index contributed by atoms with van der Waals surface area (Å²) in [5.41, 5.74) is 0. The van der Waals surface area contributed by atoms with Crippen molar-refractivity contribution in [1.29, 1.82) is 0 Å². The first-order valence-corrected chi connectivity index (χ1v) is 6.57. The number of rotatable bonds is 3. The number of fused-ring (bicyclic) bond motifs is 1. The number of aliphatic hydroxyl groups is 1. The van der Waals surface area contributed by atoms with Gasteiger partial charge < -0.3 is 19.3 Å². The number of aliphatic hydroxyl groups excluding tert-OH is 1. The highest BCUT2D eigenvalue weighted by molar-refractivity contribution is 14.1. The molecule has 0 aromatic carbocycles. The Morgan fingerprint density at radius 2 is 2.00 bits per heavy atom. The van der Waals surface area contributed by atoms with Crippen LogP contribution in [0.2, 0.25) is 0 Å². The lowest BCUT2D eigenvalue weighted by Crippen LogP contribution is -2.36. The van der Waals surface area contributed by atoms with Crippen LogP contribution in [0, 0.1) is 0 Å². The van der Waals surface area contributed by atoms with Gasteiger partial charge in [-0.1, -0.05) is 22.6 Å². The molecule has 0 bridgehead atoms. The predicted octanol–water partition coefficient (Wildman–Crippen LogP) is 1.04. The fourth-order valence-electron chi connectivity index (χ4n) is 2.24. The SMILES string of the molecule is CC1(C)O[C@@H]2[C@@H](OCCO)[C@@H](F)[C@@H](I)[C@@H]2O1. The summed E-state index contributed by atoms with van der Waals surface area (Å²) >= 11 is 2.04. The van der Waals surface area contributed by atoms with Gasteiger partial charge in [-0.05, 0) is 13.8 Å². The van der Waals surface area contributed by atoms with E-state index in [1.54, 1.807) is 0 Å². The Bertz CT molecular complexity index is 263. The molecular weight excluding hydrogens is 330 g/mol. The molecule has 6 heteroatoms. The van der Waals surface area contributed by atoms with Crippen molar-refractivity contribution in [3.63, 3.8) is 0 Å². The Balaban J connectivity index is 2.08. The van der Waals surface area contributed by atoms with E-state index in [2.05, 4.69) is 0 Å². The van der Waals surface area contributed by atoms with E-state index in [1.165, 1.54) is 0 Å². The van der Waals surface area contributed by atoms with Gasteiger partial charge in [0.1, 0.15) is 24.5 Å². The Labute approximate surface area is 108 Å². The fraction of sp³-hybridized carbons (Fsp3) is 1.00. The summed E-state index contributed by atoms with van der Waals surface area (Å²) in [5, 5.41) is 8.70. The molecule has 4 nitrogen and oxygen atoms in total. The molecule has 0 aromatic heterocycles. The molecule has 5 atom stereocenters. The molecule has 1 heterocycles. The second kappa shape index (κ2) is 4.64. The van der Waals surface area contributed by atoms with E-state index in [-0.39, 0.29) is 29.3 Å². The van der Waals surface area contributed by atoms with Crippen LogP contribution in [0.15, 0.2) is 0 Å². The van der Waals surface area contributed by atoms with Crippen molar-refractivity contribution in [2.75, 3.05) is 13.2 Å². The third-order valence-corrected chi connectivity index (χ3v) is 4.22. The highest BCUT2D eigenvalue weighted by Crippen LogP contribution is 2.44. The summed E-state index contributed by atoms with van der Waals surface area (Å²) in [6, 6.07) is 0. The maximum atomic E-state index is 13.9. The van der Waals surface area contributed by atoms with Crippen molar-refractivity contribution >= 4 is 22.6 Å². The Kier molecular flexibility index (Phi) is 3.75. The molecule has 1 aliphatic heterocycles. The van der Waals surface area contributed by atoms with Crippen LogP contribution in [0.3, 0.4) is 0 Å². The Morgan fingerprint density at radius 3 is 2.62 bits per heavy atom. The number of hydrogen-bond donors (Lipinski definition) is 1. The van der Waals surface area contributed by atoms with E-state index in [4.69, 9.17) is 19.3 Å². The van der Waals surface area contributed by atoms with Crippen LogP contribution in [0.1, 0.15) is 13.8 Å². The second-order valence-electron chi connectivity index (χ2n) is 4.51. The van der Waals surface area contributed by atoms with E-state index in [9.17, 15) is 4.39 Å². The minimum absolute atomic E-state index is 0.114. The first-order chi connectivity index (χ1) is 7.46. The molecule has 94 valence electrons. The van der Waals surface area contributed by atoms with Crippen LogP contribution in [0.5, 0.6) is 0 Å². The predicted molar refractivity (Wildman–Crippen MR) is 63.4 cm³/mol. The molecule has 1 saturated carbocycles. The summed E-state index contributed by atoms with van der Waals surface area (Å²) in [7, 11) is 0. The number of ether oxygens (including phenoxy) is 3. The quantitative estimate of drug-likeness (QED) is 0.613. The van der Waals surface area contributed by atoms with E-state index in [0.717, 1.165) is 0 Å². The van der Waals surface area contributed by atoms with Gasteiger partial charge in [-0.3, -0.25) is 0 Å². The standard InChI is InChI=1S/C10H16FIO4/c1-10(2)15-8-6(12)5(11)7(9(8)16-10)14-4-3-13/h5-9,13H,3-4H2,1-2H3/t5-,6+,7-,8-,9+/m0/s1. The molecule has 16 heavy (non-hydrogen) atoms. The van der Waals surface area contributed by atoms with Crippen molar-refractivity contribution in [2.45, 2.75) is 48.0 Å². The fourth-order valence-corrected chi connectivity index (χ4v) is 3.20. The van der Waals surface area contributed by atoms with Crippen LogP contribution in [0.4, 0.5) is 4.39 Å². The molecule has 2 fully saturated rings. The second-order valence-corrected chi connectivity index (χ2v) is 5.95. The van der Waals surface area contributed by atoms with Crippen molar-refractivity contribution in [1.82, 2.24) is 0 Å². The first kappa shape index (κ1) is 12.9. The zero-order chi connectivity index (χ0) is 11.9. The van der Waals surface area contributed by atoms with Gasteiger partial charge in [0, 0.05) is 0 Å². The van der Waals surface area contributed by atoms with Gasteiger partial charge in [0.05, 0.1) is 17.1 Å². The molecule has 0 spiro atoms. The lowest BCUT2D eigenvalue weighted by molar-refractivity contribution is -0.173. The minimum atomic E-state index is -1.11. The highest BCUT2D eigenvalue weighted by Gasteiger charge is 2.59. The summed E-state index contributed by atoms with van der Waals surface area (Å²) in [5.74, 6) is -0.681. The zero-order valence-corrected chi connectivity index (χ0v) is 11.4. The van der Waals surface area contributed by atoms with Crippen molar-refractivity contribution in [3.8, 4) is 0 Å². The van der Waals surface area contributed by atoms with Gasteiger partial charge in [-0.2, -0.15) is 0 Å². The van der Waals surface area contributed by atoms with Crippen LogP contribution in [-0.2, 0) is 14.2 Å². The molecule has 1 aliphatic carbocycles. The van der Waals surface area contributed by atoms with Gasteiger partial charge in [-0.25, -0.2) is 4.39 Å². The third-order valence-electron chi connectivity index (χ3n) is 2.82. The molecule has 1 N–H and O–H groups in total. The molecular formula is C10H16FIO4. The summed E-state index contributed by atoms with van der Waals surface area (Å²) < 4.78 is 30.2. The highest BCUT2D eigenvalue weighted by atomic mass is 127. The van der Waals surface area contributed by atoms with E-state index in [1.807, 2.05) is 36.4 Å². The van der Waals surface area contributed by atoms with Crippen LogP contribution in [0.25, 0.3) is 0 Å². The lowest BCUT2D eigenvalue weighted by atomic mass is 10.2. The molecule has 2 aliphatic rings. The van der Waals surface area contributed by atoms with Crippen LogP contribution < -0.4 is 0 Å². The average molecular weight is 346 g/mol. The lowest BCUT2D eigenvalue weighted by Gasteiger charge is -2.24. The topological polar surface area (TPSA) is 47.9 Å². The van der Waals surface area contributed by atoms with Gasteiger partial charge in [0.2, 0.25) is 0 Å². The van der Waals surface area contributed by atoms with E-state index < -0.39 is 18.1 Å². The van der Waals surface area contributed by atoms with Gasteiger partial charge in [-0.15, -0.1) is 0 Å². The maximum Gasteiger partial charge on any atom is 0.163 e. The summed E-state index contributed by atoms with van der Waals surface area (Å²) in [4.78, 5) is 0. The largest absolute Gasteiger partial charge is 0.394 e. The number of hydrogen-bond acceptors (Lipinski definition) is 4. The van der Waals surface area contributed by atoms with E-state index in [0.29, 0.717) is 0 Å². The van der Waals surface area contributed by atoms with Crippen molar-refractivity contribution in [3.05, 3.63) is 0 Å². The van der Waals surface area contributed by atoms with Gasteiger partial charge in [0.25, 0.3) is 0 Å². The molecule has 1 saturated heterocycles. The molecule has 0 aromatic rings. The summed E-state index contributed by atoms with van der Waals surface area (Å²) in [6.45, 7) is 3.63. The van der Waals surface area contributed by atoms with Gasteiger partial charge >= 0.3 is 0 Å². The Hall–Kier alpha value is 0.500. The minimum Gasteiger partial charge on any atom is -0.394 e.